The zero-order valence-corrected chi connectivity index (χ0v) is 11.1. The summed E-state index contributed by atoms with van der Waals surface area (Å²) in [6.45, 7) is 0. The van der Waals surface area contributed by atoms with Gasteiger partial charge in [-0.25, -0.2) is 9.97 Å². The van der Waals surface area contributed by atoms with Crippen LogP contribution in [0.25, 0.3) is 11.3 Å². The molecule has 1 aromatic heterocycles. The number of halogens is 2. The highest BCUT2D eigenvalue weighted by molar-refractivity contribution is 6.43. The number of rotatable bonds is 2. The third-order valence-electron chi connectivity index (χ3n) is 3.05. The van der Waals surface area contributed by atoms with Crippen LogP contribution in [0.1, 0.15) is 27.9 Å². The summed E-state index contributed by atoms with van der Waals surface area (Å²) in [5, 5.41) is 0. The van der Waals surface area contributed by atoms with Gasteiger partial charge in [0.1, 0.15) is 6.10 Å². The van der Waals surface area contributed by atoms with Crippen LogP contribution < -0.4 is 0 Å². The van der Waals surface area contributed by atoms with Gasteiger partial charge in [-0.1, -0.05) is 47.5 Å². The lowest BCUT2D eigenvalue weighted by Gasteiger charge is -2.10. The van der Waals surface area contributed by atoms with Crippen LogP contribution in [0.4, 0.5) is 0 Å². The third kappa shape index (κ3) is 1.70. The van der Waals surface area contributed by atoms with Gasteiger partial charge in [0.15, 0.2) is 10.7 Å². The van der Waals surface area contributed by atoms with Crippen LogP contribution in [-0.2, 0) is 4.74 Å². The molecule has 0 aliphatic heterocycles. The molecule has 92 valence electrons. The van der Waals surface area contributed by atoms with E-state index in [1.165, 1.54) is 0 Å². The second-order valence-electron chi connectivity index (χ2n) is 4.04. The van der Waals surface area contributed by atoms with Gasteiger partial charge in [-0.05, 0) is 5.56 Å². The van der Waals surface area contributed by atoms with E-state index in [1.807, 2.05) is 24.3 Å². The van der Waals surface area contributed by atoms with E-state index in [-0.39, 0.29) is 6.10 Å². The van der Waals surface area contributed by atoms with Crippen molar-refractivity contribution in [1.82, 2.24) is 9.97 Å². The number of benzene rings is 1. The van der Waals surface area contributed by atoms with Gasteiger partial charge in [0.25, 0.3) is 0 Å². The second kappa shape index (κ2) is 4.50. The van der Waals surface area contributed by atoms with Crippen molar-refractivity contribution in [1.29, 1.82) is 0 Å². The normalized spacial score (nSPS) is 16.8. The SMILES string of the molecule is COC1c2ccccc2-c2nc(C(Cl)Cl)ncc21. The van der Waals surface area contributed by atoms with Crippen molar-refractivity contribution in [2.45, 2.75) is 10.9 Å². The fourth-order valence-electron chi connectivity index (χ4n) is 2.28. The minimum atomic E-state index is -0.718. The molecule has 1 aliphatic rings. The van der Waals surface area contributed by atoms with Crippen LogP contribution in [0, 0.1) is 0 Å². The fourth-order valence-corrected chi connectivity index (χ4v) is 2.49. The molecule has 1 aromatic carbocycles. The van der Waals surface area contributed by atoms with E-state index in [4.69, 9.17) is 27.9 Å². The maximum absolute atomic E-state index is 5.81. The van der Waals surface area contributed by atoms with Crippen molar-refractivity contribution in [2.75, 3.05) is 7.11 Å². The Morgan fingerprint density at radius 3 is 2.72 bits per heavy atom. The Labute approximate surface area is 115 Å². The minimum absolute atomic E-state index is 0.116. The highest BCUT2D eigenvalue weighted by Crippen LogP contribution is 2.43. The summed E-state index contributed by atoms with van der Waals surface area (Å²) in [6.07, 6.45) is 1.62. The lowest BCUT2D eigenvalue weighted by atomic mass is 10.1. The molecule has 0 spiro atoms. The first-order valence-electron chi connectivity index (χ1n) is 5.49. The zero-order valence-electron chi connectivity index (χ0n) is 9.60. The number of fused-ring (bicyclic) bond motifs is 3. The first-order chi connectivity index (χ1) is 8.72. The van der Waals surface area contributed by atoms with Gasteiger partial charge < -0.3 is 4.74 Å². The van der Waals surface area contributed by atoms with Gasteiger partial charge in [-0.3, -0.25) is 0 Å². The molecule has 0 saturated heterocycles. The van der Waals surface area contributed by atoms with Crippen molar-refractivity contribution in [3.05, 3.63) is 47.4 Å². The van der Waals surface area contributed by atoms with Gasteiger partial charge in [0.2, 0.25) is 0 Å². The minimum Gasteiger partial charge on any atom is -0.372 e. The van der Waals surface area contributed by atoms with Crippen LogP contribution in [0.3, 0.4) is 0 Å². The van der Waals surface area contributed by atoms with Gasteiger partial charge in [0.05, 0.1) is 5.69 Å². The van der Waals surface area contributed by atoms with E-state index in [2.05, 4.69) is 9.97 Å². The van der Waals surface area contributed by atoms with Crippen molar-refractivity contribution >= 4 is 23.2 Å². The predicted octanol–water partition coefficient (Wildman–Crippen LogP) is 3.67. The Balaban J connectivity index is 2.22. The molecule has 1 heterocycles. The largest absolute Gasteiger partial charge is 0.372 e. The topological polar surface area (TPSA) is 35.0 Å². The standard InChI is InChI=1S/C13H10Cl2N2O/c1-18-11-8-5-3-2-4-7(8)10-9(11)6-16-13(17-10)12(14)15/h2-6,11-12H,1H3. The molecule has 0 bridgehead atoms. The lowest BCUT2D eigenvalue weighted by Crippen LogP contribution is -2.01. The molecule has 18 heavy (non-hydrogen) atoms. The summed E-state index contributed by atoms with van der Waals surface area (Å²) < 4.78 is 5.52. The van der Waals surface area contributed by atoms with Gasteiger partial charge in [-0.2, -0.15) is 0 Å². The molecule has 1 unspecified atom stereocenters. The van der Waals surface area contributed by atoms with Gasteiger partial charge in [0, 0.05) is 24.4 Å². The molecule has 1 atom stereocenters. The van der Waals surface area contributed by atoms with Crippen molar-refractivity contribution in [3.63, 3.8) is 0 Å². The highest BCUT2D eigenvalue weighted by atomic mass is 35.5. The summed E-state index contributed by atoms with van der Waals surface area (Å²) >= 11 is 11.6. The van der Waals surface area contributed by atoms with Crippen molar-refractivity contribution < 1.29 is 4.74 Å². The Kier molecular flexibility index (Phi) is 2.98. The fraction of sp³-hybridized carbons (Fsp3) is 0.231. The molecule has 1 aliphatic carbocycles. The average Bonchev–Trinajstić information content (AvgIpc) is 2.71. The van der Waals surface area contributed by atoms with Crippen LogP contribution in [0.5, 0.6) is 0 Å². The quantitative estimate of drug-likeness (QED) is 0.788. The van der Waals surface area contributed by atoms with E-state index in [0.29, 0.717) is 5.82 Å². The summed E-state index contributed by atoms with van der Waals surface area (Å²) in [5.41, 5.74) is 3.96. The first-order valence-corrected chi connectivity index (χ1v) is 6.36. The molecule has 0 amide bonds. The Morgan fingerprint density at radius 1 is 1.22 bits per heavy atom. The van der Waals surface area contributed by atoms with Gasteiger partial charge >= 0.3 is 0 Å². The number of ether oxygens (including phenoxy) is 1. The molecule has 0 saturated carbocycles. The van der Waals surface area contributed by atoms with Crippen molar-refractivity contribution in [2.24, 2.45) is 0 Å². The molecular formula is C13H10Cl2N2O. The molecular weight excluding hydrogens is 271 g/mol. The Hall–Kier alpha value is -1.16. The number of aromatic nitrogens is 2. The van der Waals surface area contributed by atoms with E-state index in [9.17, 15) is 0 Å². The lowest BCUT2D eigenvalue weighted by molar-refractivity contribution is 0.139. The summed E-state index contributed by atoms with van der Waals surface area (Å²) in [6, 6.07) is 8.00. The monoisotopic (exact) mass is 280 g/mol. The third-order valence-corrected chi connectivity index (χ3v) is 3.44. The molecule has 5 heteroatoms. The molecule has 3 nitrogen and oxygen atoms in total. The maximum Gasteiger partial charge on any atom is 0.167 e. The molecule has 0 N–H and O–H groups in total. The summed E-state index contributed by atoms with van der Waals surface area (Å²) in [7, 11) is 1.68. The number of hydrogen-bond donors (Lipinski definition) is 0. The van der Waals surface area contributed by atoms with Gasteiger partial charge in [-0.15, -0.1) is 0 Å². The summed E-state index contributed by atoms with van der Waals surface area (Å²) in [5.74, 6) is 0.420. The number of nitrogens with zero attached hydrogens (tertiary/aromatic N) is 2. The molecule has 2 aromatic rings. The van der Waals surface area contributed by atoms with E-state index in [0.717, 1.165) is 22.4 Å². The van der Waals surface area contributed by atoms with E-state index >= 15 is 0 Å². The van der Waals surface area contributed by atoms with E-state index in [1.54, 1.807) is 13.3 Å². The molecule has 0 radical (unpaired) electrons. The van der Waals surface area contributed by atoms with Crippen LogP contribution in [-0.4, -0.2) is 17.1 Å². The summed E-state index contributed by atoms with van der Waals surface area (Å²) in [4.78, 5) is 7.89. The number of hydrogen-bond acceptors (Lipinski definition) is 3. The second-order valence-corrected chi connectivity index (χ2v) is 5.13. The zero-order chi connectivity index (χ0) is 12.7. The first kappa shape index (κ1) is 11.9. The smallest absolute Gasteiger partial charge is 0.167 e. The Morgan fingerprint density at radius 2 is 2.00 bits per heavy atom. The van der Waals surface area contributed by atoms with Crippen LogP contribution in [0.15, 0.2) is 30.5 Å². The van der Waals surface area contributed by atoms with Crippen LogP contribution >= 0.6 is 23.2 Å². The van der Waals surface area contributed by atoms with Crippen LogP contribution in [0.2, 0.25) is 0 Å². The Bertz CT molecular complexity index is 601. The average molecular weight is 281 g/mol. The predicted molar refractivity (Wildman–Crippen MR) is 70.8 cm³/mol. The van der Waals surface area contributed by atoms with E-state index < -0.39 is 4.84 Å². The number of alkyl halides is 2. The highest BCUT2D eigenvalue weighted by Gasteiger charge is 2.30. The number of methoxy groups -OCH3 is 1. The molecule has 3 rings (SSSR count). The maximum atomic E-state index is 5.81. The molecule has 0 fully saturated rings. The van der Waals surface area contributed by atoms with Crippen molar-refractivity contribution in [3.8, 4) is 11.3 Å².